The van der Waals surface area contributed by atoms with Crippen molar-refractivity contribution in [3.8, 4) is 5.75 Å². The summed E-state index contributed by atoms with van der Waals surface area (Å²) in [6.45, 7) is 6.62. The van der Waals surface area contributed by atoms with Crippen LogP contribution in [0.15, 0.2) is 17.5 Å². The Balaban J connectivity index is 1.99. The number of hydrogen-bond acceptors (Lipinski definition) is 4. The number of aromatic nitrogens is 1. The van der Waals surface area contributed by atoms with Crippen molar-refractivity contribution < 1.29 is 14.6 Å². The summed E-state index contributed by atoms with van der Waals surface area (Å²) in [5.74, 6) is -0.0706. The highest BCUT2D eigenvalue weighted by Crippen LogP contribution is 2.25. The van der Waals surface area contributed by atoms with Gasteiger partial charge in [-0.2, -0.15) is 0 Å². The van der Waals surface area contributed by atoms with Crippen LogP contribution in [-0.2, 0) is 6.42 Å². The molecular weight excluding hydrogens is 274 g/mol. The number of carboxylic acids is 1. The molecule has 0 unspecified atom stereocenters. The van der Waals surface area contributed by atoms with Crippen LogP contribution in [0.3, 0.4) is 0 Å². The minimum absolute atomic E-state index is 0.105. The Kier molecular flexibility index (Phi) is 4.39. The van der Waals surface area contributed by atoms with Gasteiger partial charge >= 0.3 is 5.97 Å². The summed E-state index contributed by atoms with van der Waals surface area (Å²) in [6, 6.07) is 4.13. The minimum Gasteiger partial charge on any atom is -0.493 e. The Hall–Kier alpha value is -1.88. The van der Waals surface area contributed by atoms with Crippen LogP contribution in [0.4, 0.5) is 0 Å². The molecule has 106 valence electrons. The smallest absolute Gasteiger partial charge is 0.355 e. The van der Waals surface area contributed by atoms with Crippen molar-refractivity contribution in [3.05, 3.63) is 44.9 Å². The van der Waals surface area contributed by atoms with Crippen LogP contribution in [-0.4, -0.2) is 22.7 Å². The Labute approximate surface area is 122 Å². The fraction of sp³-hybridized carbons (Fsp3) is 0.333. The van der Waals surface area contributed by atoms with Crippen molar-refractivity contribution >= 4 is 17.3 Å². The van der Waals surface area contributed by atoms with Gasteiger partial charge in [-0.05, 0) is 37.5 Å². The SMILES string of the molecule is Cc1ccc(C)c(OCCc2nc(C(=O)O)cs2)c1C. The quantitative estimate of drug-likeness (QED) is 0.917. The fourth-order valence-corrected chi connectivity index (χ4v) is 2.67. The van der Waals surface area contributed by atoms with Gasteiger partial charge in [-0.25, -0.2) is 9.78 Å². The van der Waals surface area contributed by atoms with E-state index in [9.17, 15) is 4.79 Å². The van der Waals surface area contributed by atoms with Crippen LogP contribution in [0.25, 0.3) is 0 Å². The first kappa shape index (κ1) is 14.5. The first-order valence-corrected chi connectivity index (χ1v) is 7.24. The van der Waals surface area contributed by atoms with Gasteiger partial charge < -0.3 is 9.84 Å². The van der Waals surface area contributed by atoms with Gasteiger partial charge in [0.05, 0.1) is 11.6 Å². The standard InChI is InChI=1S/C15H17NO3S/c1-9-4-5-10(2)14(11(9)3)19-7-6-13-16-12(8-20-13)15(17)18/h4-5,8H,6-7H2,1-3H3,(H,17,18). The monoisotopic (exact) mass is 291 g/mol. The summed E-state index contributed by atoms with van der Waals surface area (Å²) >= 11 is 1.35. The lowest BCUT2D eigenvalue weighted by Gasteiger charge is -2.13. The zero-order valence-corrected chi connectivity index (χ0v) is 12.6. The van der Waals surface area contributed by atoms with Crippen molar-refractivity contribution in [1.29, 1.82) is 0 Å². The summed E-state index contributed by atoms with van der Waals surface area (Å²) in [6.07, 6.45) is 0.616. The van der Waals surface area contributed by atoms with Gasteiger partial charge in [-0.3, -0.25) is 0 Å². The van der Waals surface area contributed by atoms with E-state index < -0.39 is 5.97 Å². The summed E-state index contributed by atoms with van der Waals surface area (Å²) in [5, 5.41) is 11.2. The van der Waals surface area contributed by atoms with Gasteiger partial charge in [0.1, 0.15) is 5.75 Å². The molecule has 2 rings (SSSR count). The number of aromatic carboxylic acids is 1. The van der Waals surface area contributed by atoms with E-state index in [2.05, 4.69) is 18.0 Å². The maximum atomic E-state index is 10.7. The van der Waals surface area contributed by atoms with E-state index in [0.717, 1.165) is 21.9 Å². The van der Waals surface area contributed by atoms with Gasteiger partial charge in [0.2, 0.25) is 0 Å². The molecule has 0 aliphatic rings. The largest absolute Gasteiger partial charge is 0.493 e. The first-order chi connectivity index (χ1) is 9.49. The maximum Gasteiger partial charge on any atom is 0.355 e. The van der Waals surface area contributed by atoms with Crippen LogP contribution in [0.5, 0.6) is 5.75 Å². The third-order valence-electron chi connectivity index (χ3n) is 3.21. The van der Waals surface area contributed by atoms with E-state index in [-0.39, 0.29) is 5.69 Å². The summed E-state index contributed by atoms with van der Waals surface area (Å²) in [5.41, 5.74) is 3.56. The minimum atomic E-state index is -0.987. The van der Waals surface area contributed by atoms with Gasteiger partial charge in [0, 0.05) is 11.8 Å². The Morgan fingerprint density at radius 1 is 1.30 bits per heavy atom. The highest BCUT2D eigenvalue weighted by molar-refractivity contribution is 7.09. The third-order valence-corrected chi connectivity index (χ3v) is 4.12. The van der Waals surface area contributed by atoms with Crippen molar-refractivity contribution in [2.24, 2.45) is 0 Å². The van der Waals surface area contributed by atoms with E-state index in [1.54, 1.807) is 5.38 Å². The maximum absolute atomic E-state index is 10.7. The van der Waals surface area contributed by atoms with Gasteiger partial charge in [-0.1, -0.05) is 12.1 Å². The number of aryl methyl sites for hydroxylation is 2. The molecule has 5 heteroatoms. The van der Waals surface area contributed by atoms with Crippen molar-refractivity contribution in [3.63, 3.8) is 0 Å². The lowest BCUT2D eigenvalue weighted by atomic mass is 10.1. The lowest BCUT2D eigenvalue weighted by molar-refractivity contribution is 0.0691. The van der Waals surface area contributed by atoms with Gasteiger partial charge in [-0.15, -0.1) is 11.3 Å². The average molecular weight is 291 g/mol. The van der Waals surface area contributed by atoms with E-state index in [1.807, 2.05) is 19.9 Å². The average Bonchev–Trinajstić information content (AvgIpc) is 2.87. The molecule has 0 spiro atoms. The van der Waals surface area contributed by atoms with Crippen molar-refractivity contribution in [2.45, 2.75) is 27.2 Å². The summed E-state index contributed by atoms with van der Waals surface area (Å²) in [7, 11) is 0. The number of carboxylic acid groups (broad SMARTS) is 1. The molecule has 0 atom stereocenters. The van der Waals surface area contributed by atoms with Crippen LogP contribution in [0.2, 0.25) is 0 Å². The second-order valence-electron chi connectivity index (χ2n) is 4.68. The molecule has 20 heavy (non-hydrogen) atoms. The first-order valence-electron chi connectivity index (χ1n) is 6.36. The zero-order chi connectivity index (χ0) is 14.7. The van der Waals surface area contributed by atoms with Crippen LogP contribution in [0, 0.1) is 20.8 Å². The molecule has 4 nitrogen and oxygen atoms in total. The molecule has 0 aliphatic carbocycles. The lowest BCUT2D eigenvalue weighted by Crippen LogP contribution is -2.05. The summed E-state index contributed by atoms with van der Waals surface area (Å²) in [4.78, 5) is 14.8. The van der Waals surface area contributed by atoms with Crippen LogP contribution >= 0.6 is 11.3 Å². The van der Waals surface area contributed by atoms with Gasteiger partial charge in [0.25, 0.3) is 0 Å². The van der Waals surface area contributed by atoms with Crippen molar-refractivity contribution in [2.75, 3.05) is 6.61 Å². The number of carbonyl (C=O) groups is 1. The number of rotatable bonds is 5. The molecule has 1 aromatic carbocycles. The molecule has 0 saturated carbocycles. The van der Waals surface area contributed by atoms with Crippen LogP contribution < -0.4 is 4.74 Å². The molecule has 0 saturated heterocycles. The second kappa shape index (κ2) is 6.05. The topological polar surface area (TPSA) is 59.4 Å². The Morgan fingerprint density at radius 2 is 2.00 bits per heavy atom. The molecule has 1 N–H and O–H groups in total. The molecule has 0 fully saturated rings. The molecule has 0 radical (unpaired) electrons. The molecular formula is C15H17NO3S. The Morgan fingerprint density at radius 3 is 2.65 bits per heavy atom. The van der Waals surface area contributed by atoms with E-state index in [1.165, 1.54) is 16.9 Å². The molecule has 0 amide bonds. The number of benzene rings is 1. The second-order valence-corrected chi connectivity index (χ2v) is 5.63. The normalized spacial score (nSPS) is 10.6. The van der Waals surface area contributed by atoms with Crippen molar-refractivity contribution in [1.82, 2.24) is 4.98 Å². The molecule has 0 bridgehead atoms. The fourth-order valence-electron chi connectivity index (χ4n) is 1.91. The highest BCUT2D eigenvalue weighted by Gasteiger charge is 2.10. The van der Waals surface area contributed by atoms with E-state index in [0.29, 0.717) is 13.0 Å². The van der Waals surface area contributed by atoms with E-state index >= 15 is 0 Å². The zero-order valence-electron chi connectivity index (χ0n) is 11.8. The number of ether oxygens (including phenoxy) is 1. The highest BCUT2D eigenvalue weighted by atomic mass is 32.1. The number of nitrogens with zero attached hydrogens (tertiary/aromatic N) is 1. The molecule has 1 aromatic heterocycles. The summed E-state index contributed by atoms with van der Waals surface area (Å²) < 4.78 is 5.84. The molecule has 1 heterocycles. The predicted molar refractivity (Wildman–Crippen MR) is 78.9 cm³/mol. The van der Waals surface area contributed by atoms with Crippen LogP contribution in [0.1, 0.15) is 32.2 Å². The number of hydrogen-bond donors (Lipinski definition) is 1. The van der Waals surface area contributed by atoms with E-state index in [4.69, 9.17) is 9.84 Å². The predicted octanol–water partition coefficient (Wildman–Crippen LogP) is 3.39. The molecule has 2 aromatic rings. The Bertz CT molecular complexity index is 634. The number of thiazole rings is 1. The molecule has 0 aliphatic heterocycles. The third kappa shape index (κ3) is 3.17. The van der Waals surface area contributed by atoms with Gasteiger partial charge in [0.15, 0.2) is 5.69 Å².